The summed E-state index contributed by atoms with van der Waals surface area (Å²) >= 11 is 1.62. The van der Waals surface area contributed by atoms with Crippen molar-refractivity contribution in [1.82, 2.24) is 44.4 Å². The van der Waals surface area contributed by atoms with Gasteiger partial charge in [-0.3, -0.25) is 4.68 Å². The first-order valence-corrected chi connectivity index (χ1v) is 12.9. The van der Waals surface area contributed by atoms with Gasteiger partial charge in [0.2, 0.25) is 5.16 Å². The molecule has 0 fully saturated rings. The van der Waals surface area contributed by atoms with Gasteiger partial charge in [-0.05, 0) is 67.2 Å². The van der Waals surface area contributed by atoms with Crippen LogP contribution in [0.3, 0.4) is 0 Å². The highest BCUT2D eigenvalue weighted by Gasteiger charge is 2.16. The summed E-state index contributed by atoms with van der Waals surface area (Å²) in [4.78, 5) is 7.16. The number of imidazole rings is 1. The van der Waals surface area contributed by atoms with Crippen molar-refractivity contribution in [3.05, 3.63) is 71.3 Å². The zero-order valence-electron chi connectivity index (χ0n) is 21.4. The van der Waals surface area contributed by atoms with Gasteiger partial charge in [0.15, 0.2) is 0 Å². The van der Waals surface area contributed by atoms with E-state index in [2.05, 4.69) is 80.3 Å². The fourth-order valence-corrected chi connectivity index (χ4v) is 5.06. The van der Waals surface area contributed by atoms with Gasteiger partial charge >= 0.3 is 0 Å². The minimum absolute atomic E-state index is 0.671. The number of tetrazole rings is 1. The number of benzene rings is 2. The molecule has 3 aromatic heterocycles. The van der Waals surface area contributed by atoms with Gasteiger partial charge in [-0.25, -0.2) is 9.67 Å². The Balaban J connectivity index is 1.51. The minimum Gasteiger partial charge on any atom is -0.323 e. The van der Waals surface area contributed by atoms with E-state index in [9.17, 15) is 0 Å². The Bertz CT molecular complexity index is 1490. The van der Waals surface area contributed by atoms with Crippen LogP contribution < -0.4 is 0 Å². The molecule has 9 nitrogen and oxygen atoms in total. The fourth-order valence-electron chi connectivity index (χ4n) is 4.21. The van der Waals surface area contributed by atoms with Crippen molar-refractivity contribution < 1.29 is 0 Å². The molecular weight excluding hydrogens is 470 g/mol. The van der Waals surface area contributed by atoms with Crippen molar-refractivity contribution in [2.75, 3.05) is 20.6 Å². The number of hydrogen-bond donors (Lipinski definition) is 0. The zero-order valence-corrected chi connectivity index (χ0v) is 22.2. The van der Waals surface area contributed by atoms with Crippen LogP contribution in [0.2, 0.25) is 0 Å². The molecule has 5 rings (SSSR count). The van der Waals surface area contributed by atoms with Crippen LogP contribution in [0.5, 0.6) is 0 Å². The van der Waals surface area contributed by atoms with E-state index in [4.69, 9.17) is 4.98 Å². The lowest BCUT2D eigenvalue weighted by Crippen LogP contribution is -2.19. The van der Waals surface area contributed by atoms with Crippen LogP contribution in [-0.2, 0) is 25.9 Å². The summed E-state index contributed by atoms with van der Waals surface area (Å²) in [5.74, 6) is 1.67. The number of rotatable bonds is 9. The number of aryl methyl sites for hydroxylation is 3. The molecule has 0 atom stereocenters. The Labute approximate surface area is 215 Å². The molecule has 0 N–H and O–H groups in total. The van der Waals surface area contributed by atoms with Gasteiger partial charge in [-0.2, -0.15) is 5.10 Å². The van der Waals surface area contributed by atoms with Gasteiger partial charge in [0, 0.05) is 31.9 Å². The molecule has 0 amide bonds. The molecule has 0 aliphatic heterocycles. The quantitative estimate of drug-likeness (QED) is 0.283. The molecule has 10 heteroatoms. The first kappa shape index (κ1) is 24.2. The third-order valence-corrected chi connectivity index (χ3v) is 7.24. The van der Waals surface area contributed by atoms with Gasteiger partial charge in [-0.1, -0.05) is 41.6 Å². The van der Waals surface area contributed by atoms with Crippen LogP contribution in [0.15, 0.2) is 53.9 Å². The Hall–Kier alpha value is -3.50. The maximum Gasteiger partial charge on any atom is 0.209 e. The van der Waals surface area contributed by atoms with E-state index in [-0.39, 0.29) is 0 Å². The highest BCUT2D eigenvalue weighted by Crippen LogP contribution is 2.29. The highest BCUT2D eigenvalue weighted by atomic mass is 32.2. The smallest absolute Gasteiger partial charge is 0.209 e. The van der Waals surface area contributed by atoms with E-state index in [1.165, 1.54) is 16.7 Å². The maximum atomic E-state index is 5.04. The molecule has 0 radical (unpaired) electrons. The van der Waals surface area contributed by atoms with Crippen molar-refractivity contribution >= 4 is 22.8 Å². The first-order chi connectivity index (χ1) is 17.4. The topological polar surface area (TPSA) is 82.5 Å². The van der Waals surface area contributed by atoms with Crippen LogP contribution in [0, 0.1) is 13.8 Å². The first-order valence-electron chi connectivity index (χ1n) is 12.0. The van der Waals surface area contributed by atoms with Gasteiger partial charge < -0.3 is 9.47 Å². The Kier molecular flexibility index (Phi) is 6.88. The normalized spacial score (nSPS) is 11.7. The second kappa shape index (κ2) is 10.2. The number of fused-ring (bicyclic) bond motifs is 1. The lowest BCUT2D eigenvalue weighted by Gasteiger charge is -2.13. The molecule has 2 aromatic carbocycles. The third-order valence-electron chi connectivity index (χ3n) is 6.29. The van der Waals surface area contributed by atoms with Crippen molar-refractivity contribution in [2.45, 2.75) is 37.8 Å². The van der Waals surface area contributed by atoms with Crippen molar-refractivity contribution in [1.29, 1.82) is 0 Å². The van der Waals surface area contributed by atoms with Gasteiger partial charge in [0.25, 0.3) is 0 Å². The summed E-state index contributed by atoms with van der Waals surface area (Å²) in [6, 6.07) is 13.1. The number of likely N-dealkylation sites (N-methyl/N-ethyl adjacent to an activating group) is 1. The van der Waals surface area contributed by atoms with Crippen LogP contribution >= 0.6 is 11.8 Å². The van der Waals surface area contributed by atoms with Crippen molar-refractivity contribution in [2.24, 2.45) is 7.05 Å². The van der Waals surface area contributed by atoms with Gasteiger partial charge in [-0.15, -0.1) is 5.10 Å². The predicted molar refractivity (Wildman–Crippen MR) is 143 cm³/mol. The van der Waals surface area contributed by atoms with E-state index >= 15 is 0 Å². The highest BCUT2D eigenvalue weighted by molar-refractivity contribution is 7.98. The SMILES string of the molecule is Cc1ccc(C)c(Cn2c(CSc3nnnn3CCN(C)C)nc3ccc(-c4cnn(C)c4)cc32)c1. The second-order valence-corrected chi connectivity index (χ2v) is 10.4. The molecule has 0 spiro atoms. The summed E-state index contributed by atoms with van der Waals surface area (Å²) in [5.41, 5.74) is 8.14. The summed E-state index contributed by atoms with van der Waals surface area (Å²) < 4.78 is 6.02. The van der Waals surface area contributed by atoms with Crippen molar-refractivity contribution in [3.8, 4) is 11.1 Å². The average Bonchev–Trinajstić information content (AvgIpc) is 3.57. The van der Waals surface area contributed by atoms with Gasteiger partial charge in [0.05, 0.1) is 29.5 Å². The van der Waals surface area contributed by atoms with Gasteiger partial charge in [0.1, 0.15) is 5.82 Å². The molecule has 36 heavy (non-hydrogen) atoms. The summed E-state index contributed by atoms with van der Waals surface area (Å²) in [6.07, 6.45) is 3.94. The lowest BCUT2D eigenvalue weighted by molar-refractivity contribution is 0.361. The predicted octanol–water partition coefficient (Wildman–Crippen LogP) is 3.94. The standard InChI is InChI=1S/C26H31N9S/c1-18-6-7-19(2)21(12-18)16-34-24-13-20(22-14-27-33(5)15-22)8-9-23(24)28-25(34)17-36-26-29-30-31-35(26)11-10-32(3)4/h6-9,12-15H,10-11,16-17H2,1-5H3. The third kappa shape index (κ3) is 5.19. The molecule has 0 aliphatic carbocycles. The van der Waals surface area contributed by atoms with Crippen molar-refractivity contribution in [3.63, 3.8) is 0 Å². The van der Waals surface area contributed by atoms with E-state index in [0.29, 0.717) is 5.75 Å². The molecule has 0 bridgehead atoms. The number of aromatic nitrogens is 8. The van der Waals surface area contributed by atoms with Crippen LogP contribution in [0.1, 0.15) is 22.5 Å². The molecule has 0 unspecified atom stereocenters. The monoisotopic (exact) mass is 501 g/mol. The summed E-state index contributed by atoms with van der Waals surface area (Å²) in [7, 11) is 6.04. The fraction of sp³-hybridized carbons (Fsp3) is 0.346. The molecule has 5 aromatic rings. The molecule has 3 heterocycles. The molecule has 0 aliphatic rings. The van der Waals surface area contributed by atoms with E-state index in [1.807, 2.05) is 42.9 Å². The Morgan fingerprint density at radius 1 is 1.03 bits per heavy atom. The maximum absolute atomic E-state index is 5.04. The number of hydrogen-bond acceptors (Lipinski definition) is 7. The summed E-state index contributed by atoms with van der Waals surface area (Å²) in [6.45, 7) is 6.68. The Morgan fingerprint density at radius 2 is 1.89 bits per heavy atom. The average molecular weight is 502 g/mol. The zero-order chi connectivity index (χ0) is 25.2. The van der Waals surface area contributed by atoms with E-state index < -0.39 is 0 Å². The molecule has 0 saturated heterocycles. The van der Waals surface area contributed by atoms with Crippen LogP contribution in [-0.4, -0.2) is 65.1 Å². The minimum atomic E-state index is 0.671. The molecule has 186 valence electrons. The molecule has 0 saturated carbocycles. The summed E-state index contributed by atoms with van der Waals surface area (Å²) in [5, 5.41) is 17.5. The van der Waals surface area contributed by atoms with Crippen LogP contribution in [0.4, 0.5) is 0 Å². The lowest BCUT2D eigenvalue weighted by atomic mass is 10.1. The molecular formula is C26H31N9S. The Morgan fingerprint density at radius 3 is 2.67 bits per heavy atom. The largest absolute Gasteiger partial charge is 0.323 e. The number of thioether (sulfide) groups is 1. The second-order valence-electron chi connectivity index (χ2n) is 9.43. The number of nitrogens with zero attached hydrogens (tertiary/aromatic N) is 9. The van der Waals surface area contributed by atoms with E-state index in [0.717, 1.165) is 52.8 Å². The van der Waals surface area contributed by atoms with E-state index in [1.54, 1.807) is 11.8 Å². The van der Waals surface area contributed by atoms with Crippen LogP contribution in [0.25, 0.3) is 22.2 Å².